The van der Waals surface area contributed by atoms with E-state index in [0.717, 1.165) is 12.8 Å². The quantitative estimate of drug-likeness (QED) is 0.337. The highest BCUT2D eigenvalue weighted by atomic mass is 35.5. The van der Waals surface area contributed by atoms with Crippen molar-refractivity contribution in [2.24, 2.45) is 0 Å². The van der Waals surface area contributed by atoms with Gasteiger partial charge in [0.15, 0.2) is 19.7 Å². The molecule has 1 radical (unpaired) electrons. The molecule has 0 amide bonds. The van der Waals surface area contributed by atoms with Gasteiger partial charge in [0, 0.05) is 24.8 Å². The topological polar surface area (TPSA) is 82.4 Å². The molecule has 0 aromatic rings. The average molecular weight is 381 g/mol. The molecule has 0 aromatic carbocycles. The van der Waals surface area contributed by atoms with Gasteiger partial charge in [-0.1, -0.05) is 0 Å². The fourth-order valence-corrected chi connectivity index (χ4v) is 5.22. The van der Waals surface area contributed by atoms with Crippen molar-refractivity contribution in [3.8, 4) is 0 Å². The van der Waals surface area contributed by atoms with E-state index in [-0.39, 0.29) is 34.8 Å². The van der Waals surface area contributed by atoms with Crippen molar-refractivity contribution in [2.45, 2.75) is 25.7 Å². The summed E-state index contributed by atoms with van der Waals surface area (Å²) in [6.45, 7) is 1.23. The lowest BCUT2D eigenvalue weighted by Gasteiger charge is -2.04. The lowest BCUT2D eigenvalue weighted by atomic mass is 10.3. The summed E-state index contributed by atoms with van der Waals surface area (Å²) in [5.74, 6) is 0.654. The SMILES string of the molecule is O=S(=O)(CCCl)CCCC[N]CCCCS(=O)(=O)CCCl. The molecule has 0 aliphatic rings. The van der Waals surface area contributed by atoms with E-state index >= 15 is 0 Å². The Balaban J connectivity index is 3.46. The van der Waals surface area contributed by atoms with Gasteiger partial charge in [0.25, 0.3) is 0 Å². The largest absolute Gasteiger partial charge is 0.242 e. The van der Waals surface area contributed by atoms with Gasteiger partial charge < -0.3 is 0 Å². The Morgan fingerprint density at radius 3 is 1.33 bits per heavy atom. The minimum Gasteiger partial charge on any atom is -0.242 e. The van der Waals surface area contributed by atoms with E-state index in [1.807, 2.05) is 0 Å². The number of nitrogens with zero attached hydrogens (tertiary/aromatic N) is 1. The standard InChI is InChI=1S/C12H24Cl2NO4S2/c13-5-11-20(16,17)9-3-1-7-15-8-2-4-10-21(18,19)12-6-14/h1-12H2. The van der Waals surface area contributed by atoms with Crippen molar-refractivity contribution in [1.29, 1.82) is 0 Å². The van der Waals surface area contributed by atoms with Crippen LogP contribution in [0.5, 0.6) is 0 Å². The lowest BCUT2D eigenvalue weighted by molar-refractivity contribution is 0.575. The summed E-state index contributed by atoms with van der Waals surface area (Å²) in [5, 5.41) is 4.26. The molecule has 21 heavy (non-hydrogen) atoms. The number of halogens is 2. The number of hydrogen-bond acceptors (Lipinski definition) is 4. The molecule has 0 aliphatic carbocycles. The number of rotatable bonds is 14. The van der Waals surface area contributed by atoms with Gasteiger partial charge in [-0.05, 0) is 25.7 Å². The Kier molecular flexibility index (Phi) is 12.2. The summed E-state index contributed by atoms with van der Waals surface area (Å²) in [5.41, 5.74) is 0. The van der Waals surface area contributed by atoms with Crippen LogP contribution in [-0.2, 0) is 19.7 Å². The van der Waals surface area contributed by atoms with Gasteiger partial charge in [-0.3, -0.25) is 0 Å². The first kappa shape index (κ1) is 21.4. The second kappa shape index (κ2) is 11.9. The zero-order chi connectivity index (χ0) is 16.2. The molecule has 0 fully saturated rings. The van der Waals surface area contributed by atoms with Crippen LogP contribution in [0.3, 0.4) is 0 Å². The fourth-order valence-electron chi connectivity index (χ4n) is 1.64. The molecule has 0 atom stereocenters. The zero-order valence-electron chi connectivity index (χ0n) is 12.1. The number of sulfone groups is 2. The van der Waals surface area contributed by atoms with Gasteiger partial charge in [0.2, 0.25) is 0 Å². The average Bonchev–Trinajstić information content (AvgIpc) is 2.36. The molecule has 0 heterocycles. The molecular weight excluding hydrogens is 357 g/mol. The third-order valence-electron chi connectivity index (χ3n) is 2.82. The Bertz CT molecular complexity index is 410. The van der Waals surface area contributed by atoms with Crippen LogP contribution in [0.25, 0.3) is 0 Å². The van der Waals surface area contributed by atoms with E-state index in [4.69, 9.17) is 23.2 Å². The number of unbranched alkanes of at least 4 members (excludes halogenated alkanes) is 2. The molecule has 0 unspecified atom stereocenters. The summed E-state index contributed by atoms with van der Waals surface area (Å²) in [7, 11) is -6.01. The van der Waals surface area contributed by atoms with E-state index in [1.165, 1.54) is 0 Å². The molecule has 0 bridgehead atoms. The highest BCUT2D eigenvalue weighted by Gasteiger charge is 2.10. The van der Waals surface area contributed by atoms with Gasteiger partial charge in [0.05, 0.1) is 23.0 Å². The monoisotopic (exact) mass is 380 g/mol. The van der Waals surface area contributed by atoms with Crippen LogP contribution in [0.2, 0.25) is 0 Å². The first-order valence-corrected chi connectivity index (χ1v) is 11.7. The van der Waals surface area contributed by atoms with Gasteiger partial charge in [-0.25, -0.2) is 22.2 Å². The van der Waals surface area contributed by atoms with Crippen molar-refractivity contribution in [3.05, 3.63) is 0 Å². The van der Waals surface area contributed by atoms with Crippen LogP contribution in [0.15, 0.2) is 0 Å². The first-order valence-electron chi connectivity index (χ1n) is 6.99. The van der Waals surface area contributed by atoms with Crippen LogP contribution in [0, 0.1) is 0 Å². The second-order valence-electron chi connectivity index (χ2n) is 4.77. The van der Waals surface area contributed by atoms with Crippen LogP contribution < -0.4 is 5.32 Å². The lowest BCUT2D eigenvalue weighted by Crippen LogP contribution is -2.15. The Labute approximate surface area is 138 Å². The van der Waals surface area contributed by atoms with Gasteiger partial charge in [0.1, 0.15) is 0 Å². The molecule has 0 N–H and O–H groups in total. The normalized spacial score (nSPS) is 12.7. The predicted molar refractivity (Wildman–Crippen MR) is 89.1 cm³/mol. The zero-order valence-corrected chi connectivity index (χ0v) is 15.3. The van der Waals surface area contributed by atoms with Crippen LogP contribution in [-0.4, -0.2) is 64.7 Å². The maximum Gasteiger partial charge on any atom is 0.151 e. The van der Waals surface area contributed by atoms with Crippen molar-refractivity contribution < 1.29 is 16.8 Å². The van der Waals surface area contributed by atoms with Gasteiger partial charge in [-0.2, -0.15) is 0 Å². The minimum absolute atomic E-state index is 0.0302. The molecule has 0 rings (SSSR count). The van der Waals surface area contributed by atoms with Crippen LogP contribution in [0.1, 0.15) is 25.7 Å². The third-order valence-corrected chi connectivity index (χ3v) is 7.12. The highest BCUT2D eigenvalue weighted by molar-refractivity contribution is 7.91. The molecule has 0 aliphatic heterocycles. The van der Waals surface area contributed by atoms with Crippen LogP contribution in [0.4, 0.5) is 0 Å². The second-order valence-corrected chi connectivity index (χ2v) is 10.1. The Morgan fingerprint density at radius 1 is 0.619 bits per heavy atom. The molecule has 127 valence electrons. The van der Waals surface area contributed by atoms with Crippen molar-refractivity contribution in [3.63, 3.8) is 0 Å². The number of alkyl halides is 2. The van der Waals surface area contributed by atoms with E-state index < -0.39 is 19.7 Å². The van der Waals surface area contributed by atoms with E-state index in [1.54, 1.807) is 0 Å². The summed E-state index contributed by atoms with van der Waals surface area (Å²) < 4.78 is 45.5. The molecule has 0 saturated heterocycles. The van der Waals surface area contributed by atoms with Crippen molar-refractivity contribution in [1.82, 2.24) is 5.32 Å². The summed E-state index contributed by atoms with van der Waals surface area (Å²) in [6, 6.07) is 0. The summed E-state index contributed by atoms with van der Waals surface area (Å²) >= 11 is 10.8. The van der Waals surface area contributed by atoms with Gasteiger partial charge in [-0.15, -0.1) is 23.2 Å². The molecular formula is C12H24Cl2NO4S2. The molecule has 0 saturated carbocycles. The highest BCUT2D eigenvalue weighted by Crippen LogP contribution is 2.00. The van der Waals surface area contributed by atoms with Gasteiger partial charge >= 0.3 is 0 Å². The smallest absolute Gasteiger partial charge is 0.151 e. The number of hydrogen-bond donors (Lipinski definition) is 0. The Morgan fingerprint density at radius 2 is 1.00 bits per heavy atom. The first-order chi connectivity index (χ1) is 9.83. The molecule has 0 aromatic heterocycles. The summed E-state index contributed by atoms with van der Waals surface area (Å²) in [4.78, 5) is 0. The third kappa shape index (κ3) is 13.8. The Hall–Kier alpha value is 0.440. The summed E-state index contributed by atoms with van der Waals surface area (Å²) in [6.07, 6.45) is 2.64. The molecule has 9 heteroatoms. The van der Waals surface area contributed by atoms with Crippen molar-refractivity contribution >= 4 is 42.9 Å². The molecule has 0 spiro atoms. The van der Waals surface area contributed by atoms with E-state index in [9.17, 15) is 16.8 Å². The van der Waals surface area contributed by atoms with Crippen LogP contribution >= 0.6 is 23.2 Å². The molecule has 5 nitrogen and oxygen atoms in total. The maximum absolute atomic E-state index is 11.4. The minimum atomic E-state index is -3.01. The van der Waals surface area contributed by atoms with Crippen molar-refractivity contribution in [2.75, 3.05) is 47.9 Å². The maximum atomic E-state index is 11.4. The van der Waals surface area contributed by atoms with E-state index in [2.05, 4.69) is 5.32 Å². The predicted octanol–water partition coefficient (Wildman–Crippen LogP) is 1.46. The fraction of sp³-hybridized carbons (Fsp3) is 1.00. The van der Waals surface area contributed by atoms with E-state index in [0.29, 0.717) is 25.9 Å².